The van der Waals surface area contributed by atoms with Crippen LogP contribution in [0.2, 0.25) is 5.02 Å². The lowest BCUT2D eigenvalue weighted by molar-refractivity contribution is -0.115. The van der Waals surface area contributed by atoms with Crippen LogP contribution in [0.4, 0.5) is 5.69 Å². The van der Waals surface area contributed by atoms with Crippen molar-refractivity contribution in [3.05, 3.63) is 89.2 Å². The predicted octanol–water partition coefficient (Wildman–Crippen LogP) is 3.68. The normalized spacial score (nSPS) is 10.2. The Bertz CT molecular complexity index is 947. The van der Waals surface area contributed by atoms with Crippen LogP contribution in [0.1, 0.15) is 15.9 Å². The lowest BCUT2D eigenvalue weighted by atomic mass is 10.2. The van der Waals surface area contributed by atoms with Crippen LogP contribution in [0.5, 0.6) is 5.75 Å². The van der Waals surface area contributed by atoms with E-state index in [1.807, 2.05) is 12.1 Å². The number of pyridine rings is 1. The molecule has 0 unspecified atom stereocenters. The average molecular weight is 396 g/mol. The zero-order chi connectivity index (χ0) is 19.8. The van der Waals surface area contributed by atoms with E-state index in [9.17, 15) is 9.59 Å². The summed E-state index contributed by atoms with van der Waals surface area (Å²) in [6.45, 7) is 0.199. The maximum absolute atomic E-state index is 12.3. The number of hydrogen-bond acceptors (Lipinski definition) is 4. The summed E-state index contributed by atoms with van der Waals surface area (Å²) in [7, 11) is 0. The van der Waals surface area contributed by atoms with Crippen LogP contribution < -0.4 is 15.4 Å². The first-order valence-electron chi connectivity index (χ1n) is 8.55. The van der Waals surface area contributed by atoms with E-state index >= 15 is 0 Å². The van der Waals surface area contributed by atoms with E-state index in [4.69, 9.17) is 16.3 Å². The van der Waals surface area contributed by atoms with Gasteiger partial charge in [-0.2, -0.15) is 0 Å². The smallest absolute Gasteiger partial charge is 0.251 e. The first-order chi connectivity index (χ1) is 13.6. The SMILES string of the molecule is O=C(CNC(=O)c1cccc(OCc2cccnc2)c1)Nc1ccc(Cl)cc1. The second kappa shape index (κ2) is 9.53. The van der Waals surface area contributed by atoms with Crippen LogP contribution in [0.25, 0.3) is 0 Å². The summed E-state index contributed by atoms with van der Waals surface area (Å²) in [6, 6.07) is 17.2. The molecule has 0 fully saturated rings. The minimum atomic E-state index is -0.363. The van der Waals surface area contributed by atoms with Gasteiger partial charge < -0.3 is 15.4 Å². The molecular weight excluding hydrogens is 378 g/mol. The molecule has 2 aromatic carbocycles. The Kier molecular flexibility index (Phi) is 6.59. The van der Waals surface area contributed by atoms with Crippen molar-refractivity contribution >= 4 is 29.1 Å². The Hall–Kier alpha value is -3.38. The number of amides is 2. The number of rotatable bonds is 7. The van der Waals surface area contributed by atoms with E-state index in [1.165, 1.54) is 0 Å². The van der Waals surface area contributed by atoms with Gasteiger partial charge in [-0.3, -0.25) is 14.6 Å². The summed E-state index contributed by atoms with van der Waals surface area (Å²) in [5, 5.41) is 5.85. The molecule has 0 spiro atoms. The van der Waals surface area contributed by atoms with Crippen molar-refractivity contribution < 1.29 is 14.3 Å². The van der Waals surface area contributed by atoms with E-state index in [0.717, 1.165) is 5.56 Å². The minimum absolute atomic E-state index is 0.151. The van der Waals surface area contributed by atoms with E-state index in [0.29, 0.717) is 28.6 Å². The summed E-state index contributed by atoms with van der Waals surface area (Å²) in [6.07, 6.45) is 3.41. The first kappa shape index (κ1) is 19.4. The van der Waals surface area contributed by atoms with Gasteiger partial charge in [0.25, 0.3) is 5.91 Å². The van der Waals surface area contributed by atoms with Gasteiger partial charge in [0.05, 0.1) is 6.54 Å². The number of nitrogens with one attached hydrogen (secondary N) is 2. The van der Waals surface area contributed by atoms with Crippen LogP contribution >= 0.6 is 11.6 Å². The highest BCUT2D eigenvalue weighted by atomic mass is 35.5. The van der Waals surface area contributed by atoms with Crippen molar-refractivity contribution in [2.45, 2.75) is 6.61 Å². The van der Waals surface area contributed by atoms with E-state index in [1.54, 1.807) is 60.9 Å². The molecule has 1 aromatic heterocycles. The fourth-order valence-corrected chi connectivity index (χ4v) is 2.50. The highest BCUT2D eigenvalue weighted by Gasteiger charge is 2.09. The number of nitrogens with zero attached hydrogens (tertiary/aromatic N) is 1. The lowest BCUT2D eigenvalue weighted by Gasteiger charge is -2.09. The van der Waals surface area contributed by atoms with Crippen molar-refractivity contribution in [3.8, 4) is 5.75 Å². The van der Waals surface area contributed by atoms with E-state index < -0.39 is 0 Å². The third kappa shape index (κ3) is 5.82. The van der Waals surface area contributed by atoms with Gasteiger partial charge in [-0.1, -0.05) is 23.7 Å². The molecule has 0 saturated carbocycles. The molecule has 0 aliphatic heterocycles. The van der Waals surface area contributed by atoms with Crippen molar-refractivity contribution in [3.63, 3.8) is 0 Å². The number of carbonyl (C=O) groups excluding carboxylic acids is 2. The van der Waals surface area contributed by atoms with Gasteiger partial charge in [0.15, 0.2) is 0 Å². The standard InChI is InChI=1S/C21H18ClN3O3/c22-17-6-8-18(9-7-17)25-20(26)13-24-21(27)16-4-1-5-19(11-16)28-14-15-3-2-10-23-12-15/h1-12H,13-14H2,(H,24,27)(H,25,26). The van der Waals surface area contributed by atoms with Gasteiger partial charge in [-0.15, -0.1) is 0 Å². The second-order valence-corrected chi connectivity index (χ2v) is 6.35. The highest BCUT2D eigenvalue weighted by Crippen LogP contribution is 2.15. The molecule has 2 N–H and O–H groups in total. The maximum Gasteiger partial charge on any atom is 0.251 e. The van der Waals surface area contributed by atoms with Crippen molar-refractivity contribution in [1.29, 1.82) is 0 Å². The van der Waals surface area contributed by atoms with Crippen molar-refractivity contribution in [1.82, 2.24) is 10.3 Å². The van der Waals surface area contributed by atoms with Gasteiger partial charge in [-0.25, -0.2) is 0 Å². The van der Waals surface area contributed by atoms with E-state index in [2.05, 4.69) is 15.6 Å². The minimum Gasteiger partial charge on any atom is -0.489 e. The van der Waals surface area contributed by atoms with Gasteiger partial charge in [-0.05, 0) is 48.5 Å². The Morgan fingerprint density at radius 2 is 1.86 bits per heavy atom. The van der Waals surface area contributed by atoms with Gasteiger partial charge in [0.1, 0.15) is 12.4 Å². The molecule has 6 nitrogen and oxygen atoms in total. The molecule has 3 rings (SSSR count). The summed E-state index contributed by atoms with van der Waals surface area (Å²) in [5.41, 5.74) is 1.94. The van der Waals surface area contributed by atoms with Gasteiger partial charge in [0, 0.05) is 34.2 Å². The average Bonchev–Trinajstić information content (AvgIpc) is 2.73. The van der Waals surface area contributed by atoms with Gasteiger partial charge in [0.2, 0.25) is 5.91 Å². The summed E-state index contributed by atoms with van der Waals surface area (Å²) < 4.78 is 5.69. The zero-order valence-corrected chi connectivity index (χ0v) is 15.6. The number of aromatic nitrogens is 1. The third-order valence-electron chi connectivity index (χ3n) is 3.76. The van der Waals surface area contributed by atoms with Crippen molar-refractivity contribution in [2.75, 3.05) is 11.9 Å². The number of hydrogen-bond donors (Lipinski definition) is 2. The maximum atomic E-state index is 12.3. The molecule has 0 radical (unpaired) electrons. The van der Waals surface area contributed by atoms with E-state index in [-0.39, 0.29) is 18.4 Å². The van der Waals surface area contributed by atoms with Crippen LogP contribution in [0, 0.1) is 0 Å². The second-order valence-electron chi connectivity index (χ2n) is 5.92. The van der Waals surface area contributed by atoms with Crippen LogP contribution in [0.15, 0.2) is 73.1 Å². The molecule has 0 aliphatic rings. The number of halogens is 1. The molecule has 0 atom stereocenters. The zero-order valence-electron chi connectivity index (χ0n) is 14.9. The van der Waals surface area contributed by atoms with Gasteiger partial charge >= 0.3 is 0 Å². The Labute approximate surface area is 167 Å². The third-order valence-corrected chi connectivity index (χ3v) is 4.01. The Morgan fingerprint density at radius 1 is 1.04 bits per heavy atom. The largest absolute Gasteiger partial charge is 0.489 e. The predicted molar refractivity (Wildman–Crippen MR) is 107 cm³/mol. The molecule has 0 saturated heterocycles. The Balaban J connectivity index is 1.51. The highest BCUT2D eigenvalue weighted by molar-refractivity contribution is 6.30. The van der Waals surface area contributed by atoms with Crippen LogP contribution in [-0.4, -0.2) is 23.3 Å². The molecule has 142 valence electrons. The Morgan fingerprint density at radius 3 is 2.61 bits per heavy atom. The molecule has 1 heterocycles. The molecule has 7 heteroatoms. The fourth-order valence-electron chi connectivity index (χ4n) is 2.38. The summed E-state index contributed by atoms with van der Waals surface area (Å²) >= 11 is 5.81. The van der Waals surface area contributed by atoms with Crippen LogP contribution in [-0.2, 0) is 11.4 Å². The molecule has 28 heavy (non-hydrogen) atoms. The number of benzene rings is 2. The molecule has 3 aromatic rings. The fraction of sp³-hybridized carbons (Fsp3) is 0.0952. The summed E-state index contributed by atoms with van der Waals surface area (Å²) in [4.78, 5) is 28.3. The number of carbonyl (C=O) groups is 2. The van der Waals surface area contributed by atoms with Crippen molar-refractivity contribution in [2.24, 2.45) is 0 Å². The quantitative estimate of drug-likeness (QED) is 0.639. The monoisotopic (exact) mass is 395 g/mol. The molecular formula is C21H18ClN3O3. The summed E-state index contributed by atoms with van der Waals surface area (Å²) in [5.74, 6) is -0.139. The molecule has 0 aliphatic carbocycles. The first-order valence-corrected chi connectivity index (χ1v) is 8.93. The molecule has 0 bridgehead atoms. The lowest BCUT2D eigenvalue weighted by Crippen LogP contribution is -2.32. The number of anilines is 1. The molecule has 2 amide bonds. The topological polar surface area (TPSA) is 80.3 Å². The number of ether oxygens (including phenoxy) is 1. The van der Waals surface area contributed by atoms with Crippen LogP contribution in [0.3, 0.4) is 0 Å².